The zero-order valence-corrected chi connectivity index (χ0v) is 7.57. The quantitative estimate of drug-likeness (QED) is 0.736. The first-order valence-corrected chi connectivity index (χ1v) is 4.08. The molecule has 0 aliphatic rings. The predicted octanol–water partition coefficient (Wildman–Crippen LogP) is 0.774. The lowest BCUT2D eigenvalue weighted by Gasteiger charge is -1.99. The Morgan fingerprint density at radius 2 is 2.36 bits per heavy atom. The second-order valence-electron chi connectivity index (χ2n) is 2.74. The monoisotopic (exact) mass is 191 g/mol. The Morgan fingerprint density at radius 3 is 3.00 bits per heavy atom. The molecule has 0 amide bonds. The van der Waals surface area contributed by atoms with Crippen LogP contribution >= 0.6 is 0 Å². The molecule has 14 heavy (non-hydrogen) atoms. The van der Waals surface area contributed by atoms with E-state index >= 15 is 0 Å². The summed E-state index contributed by atoms with van der Waals surface area (Å²) in [5.74, 6) is 0.489. The van der Waals surface area contributed by atoms with Gasteiger partial charge in [-0.2, -0.15) is 0 Å². The van der Waals surface area contributed by atoms with Gasteiger partial charge in [0.25, 0.3) is 5.56 Å². The van der Waals surface area contributed by atoms with E-state index in [9.17, 15) is 4.79 Å². The van der Waals surface area contributed by atoms with Gasteiger partial charge in [-0.3, -0.25) is 9.89 Å². The average Bonchev–Trinajstić information content (AvgIpc) is 2.65. The van der Waals surface area contributed by atoms with Gasteiger partial charge in [-0.1, -0.05) is 0 Å². The maximum atomic E-state index is 11.3. The summed E-state index contributed by atoms with van der Waals surface area (Å²) >= 11 is 0. The predicted molar refractivity (Wildman–Crippen MR) is 51.2 cm³/mol. The number of aromatic amines is 2. The molecule has 2 aromatic heterocycles. The van der Waals surface area contributed by atoms with Gasteiger partial charge in [-0.25, -0.2) is 4.98 Å². The van der Waals surface area contributed by atoms with Crippen molar-refractivity contribution in [1.82, 2.24) is 15.2 Å². The Bertz CT molecular complexity index is 487. The van der Waals surface area contributed by atoms with Crippen LogP contribution in [0.2, 0.25) is 0 Å². The molecule has 0 saturated heterocycles. The van der Waals surface area contributed by atoms with Gasteiger partial charge in [0, 0.05) is 18.5 Å². The topological polar surface area (TPSA) is 70.8 Å². The molecule has 0 aromatic carbocycles. The Morgan fingerprint density at radius 1 is 1.50 bits per heavy atom. The van der Waals surface area contributed by atoms with Crippen LogP contribution in [0.4, 0.5) is 0 Å². The lowest BCUT2D eigenvalue weighted by atomic mass is 10.1. The highest BCUT2D eigenvalue weighted by Gasteiger charge is 2.04. The molecule has 2 heterocycles. The van der Waals surface area contributed by atoms with Gasteiger partial charge in [0.2, 0.25) is 5.88 Å². The van der Waals surface area contributed by atoms with Crippen LogP contribution in [0.5, 0.6) is 5.88 Å². The van der Waals surface area contributed by atoms with Gasteiger partial charge >= 0.3 is 0 Å². The fourth-order valence-corrected chi connectivity index (χ4v) is 1.21. The third-order valence-corrected chi connectivity index (χ3v) is 1.90. The Balaban J connectivity index is 2.52. The first-order valence-electron chi connectivity index (χ1n) is 4.08. The van der Waals surface area contributed by atoms with E-state index in [0.29, 0.717) is 11.4 Å². The van der Waals surface area contributed by atoms with Crippen molar-refractivity contribution in [2.24, 2.45) is 0 Å². The van der Waals surface area contributed by atoms with Gasteiger partial charge in [0.1, 0.15) is 0 Å². The van der Waals surface area contributed by atoms with Crippen molar-refractivity contribution in [3.8, 4) is 17.0 Å². The Labute approximate surface area is 79.7 Å². The normalized spacial score (nSPS) is 10.1. The third kappa shape index (κ3) is 1.39. The highest BCUT2D eigenvalue weighted by atomic mass is 16.5. The molecule has 72 valence electrons. The first-order chi connectivity index (χ1) is 6.81. The number of H-pyrrole nitrogens is 2. The van der Waals surface area contributed by atoms with Crippen LogP contribution in [0.3, 0.4) is 0 Å². The molecule has 0 aliphatic heterocycles. The maximum Gasteiger partial charge on any atom is 0.271 e. The second kappa shape index (κ2) is 3.37. The van der Waals surface area contributed by atoms with Gasteiger partial charge in [0.15, 0.2) is 0 Å². The Hall–Kier alpha value is -2.04. The molecule has 0 aliphatic carbocycles. The molecule has 5 heteroatoms. The number of rotatable bonds is 2. The van der Waals surface area contributed by atoms with Crippen LogP contribution < -0.4 is 10.3 Å². The zero-order valence-electron chi connectivity index (χ0n) is 7.57. The minimum Gasteiger partial charge on any atom is -0.481 e. The number of methoxy groups -OCH3 is 1. The molecule has 0 fully saturated rings. The molecule has 2 aromatic rings. The van der Waals surface area contributed by atoms with Crippen molar-refractivity contribution in [3.63, 3.8) is 0 Å². The number of hydrogen-bond acceptors (Lipinski definition) is 3. The van der Waals surface area contributed by atoms with E-state index in [2.05, 4.69) is 15.2 Å². The van der Waals surface area contributed by atoms with Gasteiger partial charge in [-0.15, -0.1) is 0 Å². The molecule has 5 nitrogen and oxygen atoms in total. The molecule has 0 saturated carbocycles. The van der Waals surface area contributed by atoms with Crippen molar-refractivity contribution in [2.45, 2.75) is 0 Å². The number of aromatic nitrogens is 3. The average molecular weight is 191 g/mol. The summed E-state index contributed by atoms with van der Waals surface area (Å²) in [5, 5.41) is 5.10. The summed E-state index contributed by atoms with van der Waals surface area (Å²) in [6, 6.07) is 3.46. The molecule has 0 radical (unpaired) electrons. The van der Waals surface area contributed by atoms with Gasteiger partial charge < -0.3 is 9.84 Å². The highest BCUT2D eigenvalue weighted by molar-refractivity contribution is 5.61. The van der Waals surface area contributed by atoms with Crippen molar-refractivity contribution < 1.29 is 4.74 Å². The highest BCUT2D eigenvalue weighted by Crippen LogP contribution is 2.17. The van der Waals surface area contributed by atoms with Crippen molar-refractivity contribution in [2.75, 3.05) is 7.11 Å². The summed E-state index contributed by atoms with van der Waals surface area (Å²) in [6.07, 6.45) is 3.21. The van der Waals surface area contributed by atoms with Crippen LogP contribution in [0.25, 0.3) is 11.1 Å². The van der Waals surface area contributed by atoms with E-state index < -0.39 is 0 Å². The number of ether oxygens (including phenoxy) is 1. The summed E-state index contributed by atoms with van der Waals surface area (Å²) in [7, 11) is 1.54. The molecule has 0 spiro atoms. The second-order valence-corrected chi connectivity index (χ2v) is 2.74. The summed E-state index contributed by atoms with van der Waals surface area (Å²) in [5.41, 5.74) is 1.20. The van der Waals surface area contributed by atoms with E-state index in [1.807, 2.05) is 0 Å². The Kier molecular flexibility index (Phi) is 2.06. The standard InChI is InChI=1S/C9H9N3O2/c1-14-8-4-6(2-3-10-8)7-5-11-12-9(7)13/h2-5H,1H3,(H2,11,12,13). The lowest BCUT2D eigenvalue weighted by Crippen LogP contribution is -2.01. The number of hydrogen-bond donors (Lipinski definition) is 2. The van der Waals surface area contributed by atoms with Gasteiger partial charge in [0.05, 0.1) is 12.7 Å². The van der Waals surface area contributed by atoms with Crippen LogP contribution in [-0.2, 0) is 0 Å². The van der Waals surface area contributed by atoms with Crippen molar-refractivity contribution >= 4 is 0 Å². The van der Waals surface area contributed by atoms with Crippen molar-refractivity contribution in [3.05, 3.63) is 34.9 Å². The summed E-state index contributed by atoms with van der Waals surface area (Å²) < 4.78 is 4.96. The number of nitrogens with zero attached hydrogens (tertiary/aromatic N) is 1. The molecule has 2 N–H and O–H groups in total. The molecule has 0 atom stereocenters. The largest absolute Gasteiger partial charge is 0.481 e. The molecule has 2 rings (SSSR count). The summed E-state index contributed by atoms with van der Waals surface area (Å²) in [6.45, 7) is 0. The fraction of sp³-hybridized carbons (Fsp3) is 0.111. The summed E-state index contributed by atoms with van der Waals surface area (Å²) in [4.78, 5) is 15.2. The minimum absolute atomic E-state index is 0.154. The van der Waals surface area contributed by atoms with E-state index in [-0.39, 0.29) is 5.56 Å². The smallest absolute Gasteiger partial charge is 0.271 e. The maximum absolute atomic E-state index is 11.3. The van der Waals surface area contributed by atoms with Crippen LogP contribution in [0.1, 0.15) is 0 Å². The van der Waals surface area contributed by atoms with E-state index in [0.717, 1.165) is 5.56 Å². The van der Waals surface area contributed by atoms with Gasteiger partial charge in [-0.05, 0) is 11.6 Å². The molecular weight excluding hydrogens is 182 g/mol. The zero-order chi connectivity index (χ0) is 9.97. The number of nitrogens with one attached hydrogen (secondary N) is 2. The van der Waals surface area contributed by atoms with E-state index in [1.165, 1.54) is 7.11 Å². The number of pyridine rings is 1. The first kappa shape index (κ1) is 8.55. The van der Waals surface area contributed by atoms with E-state index in [4.69, 9.17) is 4.74 Å². The van der Waals surface area contributed by atoms with Crippen LogP contribution in [0, 0.1) is 0 Å². The molecular formula is C9H9N3O2. The molecule has 0 bridgehead atoms. The van der Waals surface area contributed by atoms with E-state index in [1.54, 1.807) is 24.5 Å². The van der Waals surface area contributed by atoms with Crippen LogP contribution in [0.15, 0.2) is 29.3 Å². The van der Waals surface area contributed by atoms with Crippen LogP contribution in [-0.4, -0.2) is 22.3 Å². The SMILES string of the molecule is COc1cc(-c2c[nH][nH]c2=O)ccn1. The third-order valence-electron chi connectivity index (χ3n) is 1.90. The molecule has 0 unspecified atom stereocenters. The lowest BCUT2D eigenvalue weighted by molar-refractivity contribution is 0.398. The fourth-order valence-electron chi connectivity index (χ4n) is 1.21. The van der Waals surface area contributed by atoms with Crippen molar-refractivity contribution in [1.29, 1.82) is 0 Å². The minimum atomic E-state index is -0.154.